The normalized spacial score (nSPS) is 10.1. The summed E-state index contributed by atoms with van der Waals surface area (Å²) in [5.74, 6) is 0.412. The Bertz CT molecular complexity index is 1210. The summed E-state index contributed by atoms with van der Waals surface area (Å²) >= 11 is 0. The summed E-state index contributed by atoms with van der Waals surface area (Å²) < 4.78 is 20.5. The highest BCUT2D eigenvalue weighted by molar-refractivity contribution is 5.99. The molecule has 0 aliphatic rings. The number of halogens is 1. The molecule has 7 nitrogen and oxygen atoms in total. The van der Waals surface area contributed by atoms with Crippen LogP contribution in [0.4, 0.5) is 21.6 Å². The minimum absolute atomic E-state index is 0.0455. The van der Waals surface area contributed by atoms with Gasteiger partial charge < -0.3 is 24.9 Å². The fourth-order valence-electron chi connectivity index (χ4n) is 3.61. The fourth-order valence-corrected chi connectivity index (χ4v) is 3.61. The number of pyridine rings is 2. The lowest BCUT2D eigenvalue weighted by Crippen LogP contribution is -2.16. The molecule has 0 spiro atoms. The number of hydrogen-bond acceptors (Lipinski definition) is 7. The average Bonchev–Trinajstić information content (AvgIpc) is 2.98. The lowest BCUT2D eigenvalue weighted by atomic mass is 9.99. The quantitative estimate of drug-likeness (QED) is 0.215. The van der Waals surface area contributed by atoms with Crippen LogP contribution in [0.3, 0.4) is 0 Å². The van der Waals surface area contributed by atoms with E-state index >= 15 is 0 Å². The maximum Gasteiger partial charge on any atom is 0.169 e. The van der Waals surface area contributed by atoms with Crippen molar-refractivity contribution in [3.63, 3.8) is 0 Å². The van der Waals surface area contributed by atoms with Crippen LogP contribution in [-0.2, 0) is 4.79 Å². The first kappa shape index (κ1) is 35.2. The highest BCUT2D eigenvalue weighted by atomic mass is 19.1. The molecule has 2 aromatic heterocycles. The number of fused-ring (bicyclic) bond motifs is 1. The molecule has 1 aromatic carbocycles. The molecule has 3 rings (SSSR count). The molecule has 0 aliphatic heterocycles. The van der Waals surface area contributed by atoms with E-state index in [1.165, 1.54) is 6.07 Å². The maximum absolute atomic E-state index is 14.9. The van der Waals surface area contributed by atoms with Crippen LogP contribution >= 0.6 is 0 Å². The Morgan fingerprint density at radius 1 is 1.18 bits per heavy atom. The minimum atomic E-state index is -0.469. The zero-order chi connectivity index (χ0) is 30.0. The molecule has 2 heterocycles. The summed E-state index contributed by atoms with van der Waals surface area (Å²) in [6.07, 6.45) is 8.55. The summed E-state index contributed by atoms with van der Waals surface area (Å²) in [5.41, 5.74) is 4.74. The van der Waals surface area contributed by atoms with Gasteiger partial charge in [0.1, 0.15) is 12.0 Å². The topological polar surface area (TPSA) is 87.6 Å². The predicted octanol–water partition coefficient (Wildman–Crippen LogP) is 7.50. The van der Waals surface area contributed by atoms with Gasteiger partial charge in [-0.1, -0.05) is 53.3 Å². The van der Waals surface area contributed by atoms with Crippen molar-refractivity contribution in [2.75, 3.05) is 37.5 Å². The van der Waals surface area contributed by atoms with Crippen LogP contribution < -0.4 is 15.0 Å². The molecule has 2 N–H and O–H groups in total. The van der Waals surface area contributed by atoms with Crippen molar-refractivity contribution >= 4 is 40.0 Å². The Kier molecular flexibility index (Phi) is 17.4. The molecule has 0 atom stereocenters. The van der Waals surface area contributed by atoms with Crippen LogP contribution in [0.2, 0.25) is 0 Å². The van der Waals surface area contributed by atoms with E-state index in [4.69, 9.17) is 9.84 Å². The Labute approximate surface area is 233 Å². The first-order valence-corrected chi connectivity index (χ1v) is 13.3. The lowest BCUT2D eigenvalue weighted by molar-refractivity contribution is -0.107. The van der Waals surface area contributed by atoms with Gasteiger partial charge in [0.05, 0.1) is 36.8 Å². The van der Waals surface area contributed by atoms with Crippen LogP contribution in [0.1, 0.15) is 59.1 Å². The Morgan fingerprint density at radius 2 is 1.82 bits per heavy atom. The number of rotatable bonds is 9. The van der Waals surface area contributed by atoms with Crippen molar-refractivity contribution in [1.82, 2.24) is 9.97 Å². The lowest BCUT2D eigenvalue weighted by Gasteiger charge is -2.24. The molecule has 0 saturated heterocycles. The van der Waals surface area contributed by atoms with E-state index in [2.05, 4.69) is 21.9 Å². The Morgan fingerprint density at radius 3 is 2.31 bits per heavy atom. The van der Waals surface area contributed by atoms with Crippen molar-refractivity contribution in [1.29, 1.82) is 0 Å². The second-order valence-corrected chi connectivity index (χ2v) is 7.62. The largest absolute Gasteiger partial charge is 0.496 e. The minimum Gasteiger partial charge on any atom is -0.496 e. The van der Waals surface area contributed by atoms with Crippen molar-refractivity contribution in [3.8, 4) is 5.75 Å². The molecule has 39 heavy (non-hydrogen) atoms. The zero-order valence-electron chi connectivity index (χ0n) is 24.9. The van der Waals surface area contributed by atoms with Gasteiger partial charge in [0.25, 0.3) is 0 Å². The number of anilines is 3. The number of carbonyl (C=O) groups is 1. The SMILES string of the molecule is C=C/C(=C\C)c1cc2c(N(C)c3ncc(NCCO)cc3F)c(C)cnc2cc1OC.CC.CC.CCC=O. The van der Waals surface area contributed by atoms with Gasteiger partial charge in [-0.3, -0.25) is 4.98 Å². The summed E-state index contributed by atoms with van der Waals surface area (Å²) in [6, 6.07) is 5.24. The van der Waals surface area contributed by atoms with E-state index in [-0.39, 0.29) is 12.4 Å². The number of carbonyl (C=O) groups excluding carboxylic acids is 1. The number of allylic oxidation sites excluding steroid dienone is 3. The first-order chi connectivity index (χ1) is 18.9. The van der Waals surface area contributed by atoms with Crippen molar-refractivity contribution in [3.05, 3.63) is 66.3 Å². The van der Waals surface area contributed by atoms with Crippen LogP contribution in [0.15, 0.2) is 49.3 Å². The number of methoxy groups -OCH3 is 1. The van der Waals surface area contributed by atoms with Gasteiger partial charge in [0, 0.05) is 49.3 Å². The number of ether oxygens (including phenoxy) is 1. The van der Waals surface area contributed by atoms with E-state index in [0.29, 0.717) is 24.4 Å². The van der Waals surface area contributed by atoms with Crippen LogP contribution in [0, 0.1) is 12.7 Å². The molecule has 0 amide bonds. The molecule has 214 valence electrons. The van der Waals surface area contributed by atoms with Gasteiger partial charge in [0.15, 0.2) is 11.6 Å². The molecule has 0 bridgehead atoms. The standard InChI is InChI=1S/C24H27FN4O2.C3H6O.2C2H6/c1-6-16(7-2)18-11-19-21(12-22(18)31-5)27-13-15(3)23(19)29(4)24-20(25)10-17(14-28-24)26-8-9-30;1-2-3-4;2*1-2/h6-7,10-14,26,30H,1,8-9H2,2-5H3;3H,2H2,1H3;2*1-2H3/b16-7+;;;. The number of nitrogens with zero attached hydrogens (tertiary/aromatic N) is 3. The Balaban J connectivity index is 0.00000162. The van der Waals surface area contributed by atoms with E-state index in [1.807, 2.05) is 66.7 Å². The third kappa shape index (κ3) is 9.48. The van der Waals surface area contributed by atoms with E-state index in [9.17, 15) is 9.18 Å². The molecule has 8 heteroatoms. The zero-order valence-corrected chi connectivity index (χ0v) is 24.9. The number of nitrogens with one attached hydrogen (secondary N) is 1. The molecule has 0 saturated carbocycles. The van der Waals surface area contributed by atoms with Gasteiger partial charge >= 0.3 is 0 Å². The number of aliphatic hydroxyl groups excluding tert-OH is 1. The molecule has 0 fully saturated rings. The predicted molar refractivity (Wildman–Crippen MR) is 164 cm³/mol. The van der Waals surface area contributed by atoms with Gasteiger partial charge in [0.2, 0.25) is 0 Å². The number of benzene rings is 1. The van der Waals surface area contributed by atoms with Crippen LogP contribution in [0.5, 0.6) is 5.75 Å². The molecule has 3 aromatic rings. The van der Waals surface area contributed by atoms with E-state index in [1.54, 1.807) is 37.5 Å². The van der Waals surface area contributed by atoms with Gasteiger partial charge in [-0.05, 0) is 31.1 Å². The Hall–Kier alpha value is -3.78. The van der Waals surface area contributed by atoms with Crippen molar-refractivity contribution in [2.24, 2.45) is 0 Å². The second kappa shape index (κ2) is 19.3. The van der Waals surface area contributed by atoms with E-state index in [0.717, 1.165) is 39.6 Å². The smallest absolute Gasteiger partial charge is 0.169 e. The maximum atomic E-state index is 14.9. The number of aliphatic hydroxyl groups is 1. The summed E-state index contributed by atoms with van der Waals surface area (Å²) in [6.45, 7) is 17.9. The van der Waals surface area contributed by atoms with Crippen molar-refractivity contribution < 1.29 is 19.0 Å². The molecule has 0 unspecified atom stereocenters. The summed E-state index contributed by atoms with van der Waals surface area (Å²) in [7, 11) is 3.40. The molecule has 0 radical (unpaired) electrons. The van der Waals surface area contributed by atoms with Crippen LogP contribution in [0.25, 0.3) is 16.5 Å². The van der Waals surface area contributed by atoms with E-state index < -0.39 is 5.82 Å². The number of aldehydes is 1. The highest BCUT2D eigenvalue weighted by Gasteiger charge is 2.19. The number of aromatic nitrogens is 2. The summed E-state index contributed by atoms with van der Waals surface area (Å²) in [5, 5.41) is 12.7. The third-order valence-electron chi connectivity index (χ3n) is 5.27. The molecule has 0 aliphatic carbocycles. The average molecular weight is 541 g/mol. The number of aryl methyl sites for hydroxylation is 1. The van der Waals surface area contributed by atoms with Gasteiger partial charge in [-0.15, -0.1) is 0 Å². The molecular weight excluding hydrogens is 495 g/mol. The van der Waals surface area contributed by atoms with Gasteiger partial charge in [-0.2, -0.15) is 0 Å². The first-order valence-electron chi connectivity index (χ1n) is 13.3. The third-order valence-corrected chi connectivity index (χ3v) is 5.27. The number of hydrogen-bond donors (Lipinski definition) is 2. The van der Waals surface area contributed by atoms with Crippen LogP contribution in [-0.4, -0.2) is 48.7 Å². The van der Waals surface area contributed by atoms with Crippen molar-refractivity contribution in [2.45, 2.75) is 54.9 Å². The second-order valence-electron chi connectivity index (χ2n) is 7.62. The molecular formula is C31H45FN4O3. The highest BCUT2D eigenvalue weighted by Crippen LogP contribution is 2.38. The summed E-state index contributed by atoms with van der Waals surface area (Å²) in [4.78, 5) is 19.8. The monoisotopic (exact) mass is 540 g/mol. The fraction of sp³-hybridized carbons (Fsp3) is 0.387. The van der Waals surface area contributed by atoms with Gasteiger partial charge in [-0.25, -0.2) is 9.37 Å².